The number of hydrogen-bond acceptors (Lipinski definition) is 2. The molecule has 0 aliphatic carbocycles. The van der Waals surface area contributed by atoms with Crippen molar-refractivity contribution in [3.8, 4) is 11.3 Å². The highest BCUT2D eigenvalue weighted by molar-refractivity contribution is 6.51. The van der Waals surface area contributed by atoms with Crippen LogP contribution in [0.5, 0.6) is 0 Å². The van der Waals surface area contributed by atoms with Crippen LogP contribution in [0.25, 0.3) is 38.2 Å². The molecule has 2 heterocycles. The number of aromatic nitrogens is 3. The van der Waals surface area contributed by atoms with Gasteiger partial charge >= 0.3 is 0 Å². The minimum absolute atomic E-state index is 0.468. The number of nitrogens with zero attached hydrogens (tertiary/aromatic N) is 3. The van der Waals surface area contributed by atoms with Crippen LogP contribution in [-0.2, 0) is 0 Å². The lowest BCUT2D eigenvalue weighted by atomic mass is 10.0. The summed E-state index contributed by atoms with van der Waals surface area (Å²) in [7, 11) is 0. The van der Waals surface area contributed by atoms with Gasteiger partial charge in [0.1, 0.15) is 0 Å². The molecule has 0 spiro atoms. The highest BCUT2D eigenvalue weighted by Crippen LogP contribution is 2.39. The predicted molar refractivity (Wildman–Crippen MR) is 115 cm³/mol. The zero-order valence-corrected chi connectivity index (χ0v) is 16.2. The fourth-order valence-corrected chi connectivity index (χ4v) is 3.43. The molecule has 0 aliphatic rings. The van der Waals surface area contributed by atoms with Crippen molar-refractivity contribution in [2.45, 2.75) is 13.8 Å². The summed E-state index contributed by atoms with van der Waals surface area (Å²) < 4.78 is 0. The van der Waals surface area contributed by atoms with E-state index in [2.05, 4.69) is 20.0 Å². The lowest BCUT2D eigenvalue weighted by Gasteiger charge is -2.10. The number of nitrogens with one attached hydrogen (secondary N) is 1. The third kappa shape index (κ3) is 3.17. The smallest absolute Gasteiger partial charge is 0.220 e. The van der Waals surface area contributed by atoms with E-state index < -0.39 is 0 Å². The van der Waals surface area contributed by atoms with Crippen LogP contribution in [0.2, 0.25) is 0 Å². The second kappa shape index (κ2) is 7.30. The third-order valence-electron chi connectivity index (χ3n) is 4.65. The second-order valence-corrected chi connectivity index (χ2v) is 7.01. The lowest BCUT2D eigenvalue weighted by Crippen LogP contribution is -1.91. The van der Waals surface area contributed by atoms with E-state index >= 15 is 0 Å². The predicted octanol–water partition coefficient (Wildman–Crippen LogP) is 6.53. The average Bonchev–Trinajstić information content (AvgIpc) is 3.09. The number of H-pyrrole nitrogens is 1. The Morgan fingerprint density at radius 2 is 1.79 bits per heavy atom. The zero-order chi connectivity index (χ0) is 19.7. The molecule has 2 aromatic carbocycles. The van der Waals surface area contributed by atoms with Crippen molar-refractivity contribution in [3.05, 3.63) is 88.4 Å². The molecule has 28 heavy (non-hydrogen) atoms. The van der Waals surface area contributed by atoms with Crippen molar-refractivity contribution >= 4 is 39.4 Å². The number of aryl methyl sites for hydroxylation is 2. The molecule has 0 saturated heterocycles. The lowest BCUT2D eigenvalue weighted by molar-refractivity contribution is 1.06. The molecule has 0 amide bonds. The van der Waals surface area contributed by atoms with Crippen LogP contribution in [0, 0.1) is 20.4 Å². The number of fused-ring (bicyclic) bond motifs is 1. The first-order valence-corrected chi connectivity index (χ1v) is 9.22. The fraction of sp³-hybridized carbons (Fsp3) is 0.0870. The SMILES string of the molecule is [C-]#[N+]c1c(-c2ccc(C)cc2)nc2n[nH]c(C)c2c1/C=C(\Cl)c1ccccc1. The minimum Gasteiger partial charge on any atom is -0.280 e. The molecule has 0 bridgehead atoms. The summed E-state index contributed by atoms with van der Waals surface area (Å²) in [5.74, 6) is 0. The van der Waals surface area contributed by atoms with E-state index in [0.717, 1.165) is 33.3 Å². The Hall–Kier alpha value is -3.42. The van der Waals surface area contributed by atoms with E-state index in [-0.39, 0.29) is 0 Å². The maximum absolute atomic E-state index is 7.85. The maximum atomic E-state index is 7.85. The summed E-state index contributed by atoms with van der Waals surface area (Å²) in [5.41, 5.74) is 6.16. The van der Waals surface area contributed by atoms with Crippen molar-refractivity contribution in [2.24, 2.45) is 0 Å². The van der Waals surface area contributed by atoms with Gasteiger partial charge in [-0.1, -0.05) is 71.8 Å². The summed E-state index contributed by atoms with van der Waals surface area (Å²) in [6.07, 6.45) is 1.84. The monoisotopic (exact) mass is 384 g/mol. The summed E-state index contributed by atoms with van der Waals surface area (Å²) >= 11 is 6.62. The van der Waals surface area contributed by atoms with E-state index in [9.17, 15) is 0 Å². The molecular formula is C23H17ClN4. The molecule has 0 atom stereocenters. The number of hydrogen-bond donors (Lipinski definition) is 1. The summed E-state index contributed by atoms with van der Waals surface area (Å²) in [5, 5.41) is 8.69. The largest absolute Gasteiger partial charge is 0.280 e. The number of benzene rings is 2. The van der Waals surface area contributed by atoms with Gasteiger partial charge in [0, 0.05) is 16.1 Å². The van der Waals surface area contributed by atoms with Crippen molar-refractivity contribution in [1.82, 2.24) is 15.2 Å². The van der Waals surface area contributed by atoms with Gasteiger partial charge in [-0.2, -0.15) is 5.10 Å². The van der Waals surface area contributed by atoms with Crippen molar-refractivity contribution in [3.63, 3.8) is 0 Å². The Balaban J connectivity index is 2.02. The zero-order valence-electron chi connectivity index (χ0n) is 15.5. The topological polar surface area (TPSA) is 45.9 Å². The molecule has 0 unspecified atom stereocenters. The minimum atomic E-state index is 0.468. The number of aromatic amines is 1. The van der Waals surface area contributed by atoms with Crippen LogP contribution in [0.3, 0.4) is 0 Å². The first-order valence-electron chi connectivity index (χ1n) is 8.84. The molecule has 5 heteroatoms. The number of rotatable bonds is 3. The Kier molecular flexibility index (Phi) is 4.68. The number of pyridine rings is 1. The molecule has 2 aromatic heterocycles. The molecule has 0 fully saturated rings. The number of halogens is 1. The fourth-order valence-electron chi connectivity index (χ4n) is 3.20. The normalized spacial score (nSPS) is 11.6. The van der Waals surface area contributed by atoms with E-state index in [1.807, 2.05) is 74.5 Å². The Bertz CT molecular complexity index is 1230. The van der Waals surface area contributed by atoms with Gasteiger partial charge in [0.05, 0.1) is 12.3 Å². The van der Waals surface area contributed by atoms with Gasteiger partial charge in [0.25, 0.3) is 0 Å². The molecule has 1 N–H and O–H groups in total. The first-order chi connectivity index (χ1) is 13.6. The van der Waals surface area contributed by atoms with Gasteiger partial charge in [-0.05, 0) is 36.6 Å². The Morgan fingerprint density at radius 1 is 1.07 bits per heavy atom. The maximum Gasteiger partial charge on any atom is 0.220 e. The van der Waals surface area contributed by atoms with E-state index in [1.165, 1.54) is 0 Å². The molecule has 136 valence electrons. The van der Waals surface area contributed by atoms with E-state index in [0.29, 0.717) is 22.1 Å². The standard InChI is InChI=1S/C23H17ClN4/c1-14-9-11-17(12-10-14)21-22(25-3)18(20-15(2)27-28-23(20)26-21)13-19(24)16-7-5-4-6-8-16/h4-13H,1-2H3,(H,26,27,28)/b19-13-. The first kappa shape index (κ1) is 18.0. The average molecular weight is 385 g/mol. The van der Waals surface area contributed by atoms with Crippen LogP contribution in [-0.4, -0.2) is 15.2 Å². The van der Waals surface area contributed by atoms with Crippen molar-refractivity contribution in [1.29, 1.82) is 0 Å². The van der Waals surface area contributed by atoms with Gasteiger partial charge in [-0.15, -0.1) is 0 Å². The highest BCUT2D eigenvalue weighted by Gasteiger charge is 2.19. The van der Waals surface area contributed by atoms with Crippen LogP contribution < -0.4 is 0 Å². The molecule has 4 nitrogen and oxygen atoms in total. The second-order valence-electron chi connectivity index (χ2n) is 6.61. The third-order valence-corrected chi connectivity index (χ3v) is 4.98. The summed E-state index contributed by atoms with van der Waals surface area (Å²) in [4.78, 5) is 8.51. The molecular weight excluding hydrogens is 368 g/mol. The molecule has 4 rings (SSSR count). The Morgan fingerprint density at radius 3 is 2.46 bits per heavy atom. The van der Waals surface area contributed by atoms with Crippen LogP contribution in [0.4, 0.5) is 5.69 Å². The van der Waals surface area contributed by atoms with Gasteiger partial charge in [-0.3, -0.25) is 5.10 Å². The quantitative estimate of drug-likeness (QED) is 0.408. The molecule has 0 radical (unpaired) electrons. The van der Waals surface area contributed by atoms with Crippen LogP contribution in [0.1, 0.15) is 22.4 Å². The molecule has 4 aromatic rings. The molecule has 0 aliphatic heterocycles. The van der Waals surface area contributed by atoms with Crippen LogP contribution >= 0.6 is 11.6 Å². The van der Waals surface area contributed by atoms with Gasteiger partial charge < -0.3 is 0 Å². The van der Waals surface area contributed by atoms with E-state index in [4.69, 9.17) is 18.2 Å². The van der Waals surface area contributed by atoms with Gasteiger partial charge in [0.2, 0.25) is 5.69 Å². The molecule has 0 saturated carbocycles. The van der Waals surface area contributed by atoms with Crippen LogP contribution in [0.15, 0.2) is 54.6 Å². The van der Waals surface area contributed by atoms with Crippen molar-refractivity contribution < 1.29 is 0 Å². The van der Waals surface area contributed by atoms with Crippen molar-refractivity contribution in [2.75, 3.05) is 0 Å². The summed E-state index contributed by atoms with van der Waals surface area (Å²) in [6.45, 7) is 11.8. The van der Waals surface area contributed by atoms with Gasteiger partial charge in [0.15, 0.2) is 5.65 Å². The van der Waals surface area contributed by atoms with Gasteiger partial charge in [-0.25, -0.2) is 9.83 Å². The van der Waals surface area contributed by atoms with E-state index in [1.54, 1.807) is 0 Å². The highest BCUT2D eigenvalue weighted by atomic mass is 35.5. The summed E-state index contributed by atoms with van der Waals surface area (Å²) in [6, 6.07) is 17.7. The Labute approximate surface area is 168 Å².